The Morgan fingerprint density at radius 1 is 0.217 bits per heavy atom. The summed E-state index contributed by atoms with van der Waals surface area (Å²) in [6.07, 6.45) is 13.9. The molecule has 320 valence electrons. The van der Waals surface area contributed by atoms with Crippen LogP contribution in [0.4, 0.5) is 46.5 Å². The predicted molar refractivity (Wildman–Crippen MR) is 214 cm³/mol. The zero-order valence-electron chi connectivity index (χ0n) is 31.2. The van der Waals surface area contributed by atoms with Crippen LogP contribution >= 0.6 is 0 Å². The first-order valence-electron chi connectivity index (χ1n) is 16.2. The van der Waals surface area contributed by atoms with Crippen molar-refractivity contribution in [1.82, 2.24) is 39.9 Å². The van der Waals surface area contributed by atoms with Gasteiger partial charge in [-0.25, -0.2) is 39.9 Å². The molecule has 8 rings (SSSR count). The third-order valence-electron chi connectivity index (χ3n) is 6.34. The summed E-state index contributed by atoms with van der Waals surface area (Å²) >= 11 is 0. The summed E-state index contributed by atoms with van der Waals surface area (Å²) in [4.78, 5) is 33.0. The molecule has 0 saturated carbocycles. The molecule has 0 spiro atoms. The average Bonchev–Trinajstić information content (AvgIpc) is 3.22. The Balaban J connectivity index is -0.000000334. The number of hydrogen-bond donors (Lipinski definition) is 4. The fourth-order valence-corrected chi connectivity index (χ4v) is 4.02. The molecule has 8 aromatic heterocycles. The molecule has 0 saturated heterocycles. The maximum absolute atomic E-state index is 4.12. The van der Waals surface area contributed by atoms with Crippen LogP contribution in [0.2, 0.25) is 0 Å². The minimum Gasteiger partial charge on any atom is -1.00 e. The van der Waals surface area contributed by atoms with E-state index in [0.717, 1.165) is 46.5 Å². The van der Waals surface area contributed by atoms with Gasteiger partial charge in [-0.15, -0.1) is 0 Å². The summed E-state index contributed by atoms with van der Waals surface area (Å²) in [6, 6.07) is 45.6. The summed E-state index contributed by atoms with van der Waals surface area (Å²) in [5.74, 6) is 6.45. The average molecular weight is 1430 g/mol. The molecule has 0 atom stereocenters. The van der Waals surface area contributed by atoms with Gasteiger partial charge in [-0.3, -0.25) is 0 Å². The first-order valence-corrected chi connectivity index (χ1v) is 16.2. The molecule has 20 heteroatoms. The summed E-state index contributed by atoms with van der Waals surface area (Å²) in [7, 11) is 0. The van der Waals surface area contributed by atoms with Crippen LogP contribution in [0.3, 0.4) is 0 Å². The van der Waals surface area contributed by atoms with E-state index in [2.05, 4.69) is 61.1 Å². The van der Waals surface area contributed by atoms with Gasteiger partial charge in [-0.1, -0.05) is 48.5 Å². The number of pyridine rings is 8. The van der Waals surface area contributed by atoms with E-state index in [0.29, 0.717) is 0 Å². The number of hydrogen-bond acceptors (Lipinski definition) is 12. The van der Waals surface area contributed by atoms with Crippen molar-refractivity contribution in [3.8, 4) is 0 Å². The maximum atomic E-state index is 4.12. The van der Waals surface area contributed by atoms with Gasteiger partial charge in [0.2, 0.25) is 0 Å². The minimum absolute atomic E-state index is 0. The van der Waals surface area contributed by atoms with E-state index in [1.54, 1.807) is 49.6 Å². The number of halogens is 4. The van der Waals surface area contributed by atoms with Gasteiger partial charge in [0.25, 0.3) is 0 Å². The maximum Gasteiger partial charge on any atom is 2.00 e. The van der Waals surface area contributed by atoms with E-state index in [1.165, 1.54) is 0 Å². The first-order chi connectivity index (χ1) is 25.8. The predicted octanol–water partition coefficient (Wildman–Crippen LogP) is -4.76. The molecule has 14 nitrogen and oxygen atoms in total. The van der Waals surface area contributed by atoms with Crippen molar-refractivity contribution >= 4 is 46.5 Å². The van der Waals surface area contributed by atoms with E-state index in [4.69, 9.17) is 0 Å². The van der Waals surface area contributed by atoms with Crippen LogP contribution in [0.15, 0.2) is 195 Å². The van der Waals surface area contributed by atoms with Crippen molar-refractivity contribution in [2.24, 2.45) is 0 Å². The summed E-state index contributed by atoms with van der Waals surface area (Å²) in [5, 5.41) is 12.3. The second kappa shape index (κ2) is 38.8. The zero-order chi connectivity index (χ0) is 35.7. The summed E-state index contributed by atoms with van der Waals surface area (Å²) in [6.45, 7) is 0. The van der Waals surface area contributed by atoms with E-state index >= 15 is 0 Å². The molecular formula is C40H40Br4N12O2Pt2. The van der Waals surface area contributed by atoms with Gasteiger partial charge >= 0.3 is 42.1 Å². The quantitative estimate of drug-likeness (QED) is 0.113. The van der Waals surface area contributed by atoms with Crippen LogP contribution < -0.4 is 89.2 Å². The monoisotopic (exact) mass is 1430 g/mol. The Bertz CT molecular complexity index is 1640. The van der Waals surface area contributed by atoms with Gasteiger partial charge < -0.3 is 100 Å². The number of rotatable bonds is 8. The second-order valence-electron chi connectivity index (χ2n) is 10.2. The molecule has 0 aliphatic carbocycles. The first kappa shape index (κ1) is 62.3. The standard InChI is InChI=1S/4C10H9N3.4BrH.2H2O.2Pt/c4*1-3-7-11-9(5-1)13-10-6-2-4-8-12-10;;;;;;;;/h4*1-8H,(H,11,12,13);4*1H;2*1H2;;/q;;;;;;;;;;2*+2/p-4. The number of anilines is 8. The molecule has 0 aliphatic rings. The molecule has 8 heterocycles. The van der Waals surface area contributed by atoms with Gasteiger partial charge in [0, 0.05) is 49.6 Å². The SMILES string of the molecule is O.O.[Br-].[Br-].[Br-].[Br-].[Pt+2].[Pt+2].c1ccc(Nc2ccccn2)nc1.c1ccc(Nc2ccccn2)nc1.c1ccc(Nc2ccccn2)nc1.c1ccc(Nc2ccccn2)nc1. The van der Waals surface area contributed by atoms with Gasteiger partial charge in [0.1, 0.15) is 46.5 Å². The molecule has 60 heavy (non-hydrogen) atoms. The largest absolute Gasteiger partial charge is 2.00 e. The Morgan fingerprint density at radius 2 is 0.333 bits per heavy atom. The molecule has 0 fully saturated rings. The Labute approximate surface area is 420 Å². The summed E-state index contributed by atoms with van der Waals surface area (Å²) < 4.78 is 0. The van der Waals surface area contributed by atoms with Gasteiger partial charge in [0.15, 0.2) is 0 Å². The van der Waals surface area contributed by atoms with Crippen molar-refractivity contribution in [2.45, 2.75) is 0 Å². The molecule has 0 amide bonds. The fraction of sp³-hybridized carbons (Fsp3) is 0. The molecule has 0 aromatic carbocycles. The third-order valence-corrected chi connectivity index (χ3v) is 6.34. The minimum atomic E-state index is 0. The van der Waals surface area contributed by atoms with Gasteiger partial charge in [0.05, 0.1) is 0 Å². The van der Waals surface area contributed by atoms with E-state index < -0.39 is 0 Å². The molecule has 0 aliphatic heterocycles. The molecule has 8 aromatic rings. The topological polar surface area (TPSA) is 214 Å². The van der Waals surface area contributed by atoms with Gasteiger partial charge in [-0.2, -0.15) is 0 Å². The van der Waals surface area contributed by atoms with Crippen molar-refractivity contribution in [1.29, 1.82) is 0 Å². The van der Waals surface area contributed by atoms with Crippen LogP contribution in [0.5, 0.6) is 0 Å². The number of nitrogens with zero attached hydrogens (tertiary/aromatic N) is 8. The van der Waals surface area contributed by atoms with Crippen molar-refractivity contribution in [2.75, 3.05) is 21.3 Å². The molecule has 0 radical (unpaired) electrons. The normalized spacial score (nSPS) is 8.27. The van der Waals surface area contributed by atoms with Crippen LogP contribution in [-0.4, -0.2) is 50.8 Å². The van der Waals surface area contributed by atoms with Crippen molar-refractivity contribution < 1.29 is 121 Å². The van der Waals surface area contributed by atoms with Crippen LogP contribution in [0.25, 0.3) is 0 Å². The molecule has 8 N–H and O–H groups in total. The summed E-state index contributed by atoms with van der Waals surface area (Å²) in [5.41, 5.74) is 0. The van der Waals surface area contributed by atoms with Crippen LogP contribution in [0, 0.1) is 0 Å². The Morgan fingerprint density at radius 3 is 0.417 bits per heavy atom. The number of nitrogens with one attached hydrogen (secondary N) is 4. The van der Waals surface area contributed by atoms with Crippen LogP contribution in [0.1, 0.15) is 0 Å². The molecule has 0 bridgehead atoms. The van der Waals surface area contributed by atoms with Crippen molar-refractivity contribution in [3.05, 3.63) is 195 Å². The molecule has 0 unspecified atom stereocenters. The third kappa shape index (κ3) is 26.0. The molecular weight excluding hydrogens is 1390 g/mol. The van der Waals surface area contributed by atoms with Gasteiger partial charge in [-0.05, 0) is 97.1 Å². The fourth-order valence-electron chi connectivity index (χ4n) is 4.02. The van der Waals surface area contributed by atoms with Crippen LogP contribution in [-0.2, 0) is 42.1 Å². The Kier molecular flexibility index (Phi) is 40.3. The van der Waals surface area contributed by atoms with E-state index in [9.17, 15) is 0 Å². The van der Waals surface area contributed by atoms with Crippen molar-refractivity contribution in [3.63, 3.8) is 0 Å². The number of aromatic nitrogens is 8. The smallest absolute Gasteiger partial charge is 1.00 e. The van der Waals surface area contributed by atoms with E-state index in [1.807, 2.05) is 146 Å². The Hall–Kier alpha value is -4.38. The zero-order valence-corrected chi connectivity index (χ0v) is 42.1. The van der Waals surface area contributed by atoms with E-state index in [-0.39, 0.29) is 121 Å². The second-order valence-corrected chi connectivity index (χ2v) is 10.2.